The number of nitrogens with zero attached hydrogens (tertiary/aromatic N) is 4. The first-order valence-corrected chi connectivity index (χ1v) is 6.52. The summed E-state index contributed by atoms with van der Waals surface area (Å²) in [5.41, 5.74) is 1.04. The van der Waals surface area contributed by atoms with Crippen molar-refractivity contribution in [2.75, 3.05) is 6.26 Å². The molecule has 0 unspecified atom stereocenters. The highest BCUT2D eigenvalue weighted by Gasteiger charge is 2.29. The normalized spacial score (nSPS) is 15.3. The van der Waals surface area contributed by atoms with Crippen LogP contribution in [0.15, 0.2) is 29.7 Å². The van der Waals surface area contributed by atoms with Gasteiger partial charge in [0.2, 0.25) is 0 Å². The van der Waals surface area contributed by atoms with Gasteiger partial charge in [0.05, 0.1) is 0 Å². The Balaban J connectivity index is 2.10. The largest absolute Gasteiger partial charge is 0.299 e. The number of hydrogen-bond donors (Lipinski definition) is 0. The van der Waals surface area contributed by atoms with Crippen molar-refractivity contribution >= 4 is 11.8 Å². The Kier molecular flexibility index (Phi) is 2.40. The molecule has 5 heteroatoms. The van der Waals surface area contributed by atoms with Gasteiger partial charge in [-0.3, -0.25) is 9.55 Å². The minimum atomic E-state index is 0.590. The van der Waals surface area contributed by atoms with Gasteiger partial charge < -0.3 is 0 Å². The lowest BCUT2D eigenvalue weighted by atomic mass is 10.3. The predicted octanol–water partition coefficient (Wildman–Crippen LogP) is 2.40. The molecule has 0 aromatic carbocycles. The minimum Gasteiger partial charge on any atom is -0.299 e. The number of thioether (sulfide) groups is 1. The molecule has 16 heavy (non-hydrogen) atoms. The second-order valence-corrected chi connectivity index (χ2v) is 4.63. The highest BCUT2D eigenvalue weighted by atomic mass is 32.2. The molecule has 0 saturated heterocycles. The van der Waals surface area contributed by atoms with Gasteiger partial charge in [0, 0.05) is 24.0 Å². The zero-order valence-electron chi connectivity index (χ0n) is 9.00. The van der Waals surface area contributed by atoms with Crippen LogP contribution in [0.4, 0.5) is 0 Å². The van der Waals surface area contributed by atoms with E-state index in [1.807, 2.05) is 24.6 Å². The topological polar surface area (TPSA) is 43.6 Å². The van der Waals surface area contributed by atoms with Crippen LogP contribution in [0.3, 0.4) is 0 Å². The summed E-state index contributed by atoms with van der Waals surface area (Å²) in [7, 11) is 0. The van der Waals surface area contributed by atoms with Crippen molar-refractivity contribution in [2.24, 2.45) is 0 Å². The summed E-state index contributed by atoms with van der Waals surface area (Å²) in [4.78, 5) is 4.13. The molecule has 0 atom stereocenters. The molecule has 2 aromatic heterocycles. The molecule has 0 amide bonds. The Bertz CT molecular complexity index is 490. The standard InChI is InChI=1S/C11H12N4S/c1-16-11-14-13-10(15(11)9-4-5-9)8-3-2-6-12-7-8/h2-3,6-7,9H,4-5H2,1H3. The van der Waals surface area contributed by atoms with Gasteiger partial charge in [0.25, 0.3) is 0 Å². The Labute approximate surface area is 98.1 Å². The lowest BCUT2D eigenvalue weighted by Gasteiger charge is -2.06. The van der Waals surface area contributed by atoms with Crippen LogP contribution in [-0.4, -0.2) is 26.0 Å². The van der Waals surface area contributed by atoms with E-state index in [4.69, 9.17) is 0 Å². The molecule has 0 bridgehead atoms. The summed E-state index contributed by atoms with van der Waals surface area (Å²) < 4.78 is 2.24. The van der Waals surface area contributed by atoms with Crippen LogP contribution >= 0.6 is 11.8 Å². The molecule has 2 aromatic rings. The van der Waals surface area contributed by atoms with Crippen molar-refractivity contribution in [1.82, 2.24) is 19.7 Å². The first-order chi connectivity index (χ1) is 7.90. The van der Waals surface area contributed by atoms with Gasteiger partial charge in [0.15, 0.2) is 11.0 Å². The van der Waals surface area contributed by atoms with E-state index in [-0.39, 0.29) is 0 Å². The van der Waals surface area contributed by atoms with Crippen LogP contribution in [0.2, 0.25) is 0 Å². The Morgan fingerprint density at radius 2 is 2.25 bits per heavy atom. The highest BCUT2D eigenvalue weighted by molar-refractivity contribution is 7.98. The zero-order valence-corrected chi connectivity index (χ0v) is 9.81. The summed E-state index contributed by atoms with van der Waals surface area (Å²) in [6, 6.07) is 4.55. The van der Waals surface area contributed by atoms with E-state index in [9.17, 15) is 0 Å². The maximum atomic E-state index is 4.27. The number of hydrogen-bond acceptors (Lipinski definition) is 4. The van der Waals surface area contributed by atoms with Gasteiger partial charge in [-0.05, 0) is 31.2 Å². The molecular weight excluding hydrogens is 220 g/mol. The zero-order chi connectivity index (χ0) is 11.0. The third-order valence-corrected chi connectivity index (χ3v) is 3.32. The maximum absolute atomic E-state index is 4.27. The molecule has 0 aliphatic heterocycles. The van der Waals surface area contributed by atoms with Crippen molar-refractivity contribution in [2.45, 2.75) is 24.0 Å². The average Bonchev–Trinajstić information content (AvgIpc) is 3.09. The van der Waals surface area contributed by atoms with E-state index in [1.165, 1.54) is 12.8 Å². The van der Waals surface area contributed by atoms with E-state index >= 15 is 0 Å². The first-order valence-electron chi connectivity index (χ1n) is 5.29. The quantitative estimate of drug-likeness (QED) is 0.762. The monoisotopic (exact) mass is 232 g/mol. The van der Waals surface area contributed by atoms with Gasteiger partial charge in [-0.15, -0.1) is 10.2 Å². The van der Waals surface area contributed by atoms with E-state index < -0.39 is 0 Å². The molecule has 0 N–H and O–H groups in total. The van der Waals surface area contributed by atoms with Crippen molar-refractivity contribution in [3.05, 3.63) is 24.5 Å². The van der Waals surface area contributed by atoms with Crippen molar-refractivity contribution < 1.29 is 0 Å². The lowest BCUT2D eigenvalue weighted by molar-refractivity contribution is 0.670. The third-order valence-electron chi connectivity index (χ3n) is 2.68. The van der Waals surface area contributed by atoms with Gasteiger partial charge in [0.1, 0.15) is 0 Å². The van der Waals surface area contributed by atoms with Crippen LogP contribution in [0, 0.1) is 0 Å². The van der Waals surface area contributed by atoms with Crippen LogP contribution in [-0.2, 0) is 0 Å². The van der Waals surface area contributed by atoms with E-state index in [1.54, 1.807) is 18.0 Å². The fourth-order valence-corrected chi connectivity index (χ4v) is 2.32. The number of rotatable bonds is 3. The van der Waals surface area contributed by atoms with Crippen LogP contribution in [0.1, 0.15) is 18.9 Å². The summed E-state index contributed by atoms with van der Waals surface area (Å²) in [6.45, 7) is 0. The molecule has 3 rings (SSSR count). The third kappa shape index (κ3) is 1.61. The molecule has 1 saturated carbocycles. The molecule has 0 radical (unpaired) electrons. The predicted molar refractivity (Wildman–Crippen MR) is 63.3 cm³/mol. The van der Waals surface area contributed by atoms with Gasteiger partial charge in [-0.1, -0.05) is 11.8 Å². The van der Waals surface area contributed by atoms with Crippen molar-refractivity contribution in [3.63, 3.8) is 0 Å². The Morgan fingerprint density at radius 1 is 1.38 bits per heavy atom. The van der Waals surface area contributed by atoms with Crippen molar-refractivity contribution in [1.29, 1.82) is 0 Å². The molecule has 1 fully saturated rings. The Morgan fingerprint density at radius 3 is 2.88 bits per heavy atom. The van der Waals surface area contributed by atoms with Crippen LogP contribution < -0.4 is 0 Å². The average molecular weight is 232 g/mol. The highest BCUT2D eigenvalue weighted by Crippen LogP contribution is 2.40. The van der Waals surface area contributed by atoms with E-state index in [2.05, 4.69) is 19.7 Å². The molecule has 4 nitrogen and oxygen atoms in total. The number of aromatic nitrogens is 4. The Hall–Kier alpha value is -1.36. The van der Waals surface area contributed by atoms with Crippen LogP contribution in [0.5, 0.6) is 0 Å². The molecule has 2 heterocycles. The van der Waals surface area contributed by atoms with Crippen molar-refractivity contribution in [3.8, 4) is 11.4 Å². The van der Waals surface area contributed by atoms with Gasteiger partial charge in [-0.25, -0.2) is 0 Å². The SMILES string of the molecule is CSc1nnc(-c2cccnc2)n1C1CC1. The molecule has 82 valence electrons. The van der Waals surface area contributed by atoms with Gasteiger partial charge in [-0.2, -0.15) is 0 Å². The molecule has 0 spiro atoms. The lowest BCUT2D eigenvalue weighted by Crippen LogP contribution is -1.99. The van der Waals surface area contributed by atoms with E-state index in [0.717, 1.165) is 16.5 Å². The summed E-state index contributed by atoms with van der Waals surface area (Å²) >= 11 is 1.65. The second kappa shape index (κ2) is 3.90. The van der Waals surface area contributed by atoms with Gasteiger partial charge >= 0.3 is 0 Å². The minimum absolute atomic E-state index is 0.590. The van der Waals surface area contributed by atoms with E-state index in [0.29, 0.717) is 6.04 Å². The fraction of sp³-hybridized carbons (Fsp3) is 0.364. The first kappa shape index (κ1) is 9.84. The molecular formula is C11H12N4S. The summed E-state index contributed by atoms with van der Waals surface area (Å²) in [5, 5.41) is 9.49. The van der Waals surface area contributed by atoms with Crippen LogP contribution in [0.25, 0.3) is 11.4 Å². The smallest absolute Gasteiger partial charge is 0.191 e. The maximum Gasteiger partial charge on any atom is 0.191 e. The number of pyridine rings is 1. The summed E-state index contributed by atoms with van der Waals surface area (Å²) in [5.74, 6) is 0.944. The second-order valence-electron chi connectivity index (χ2n) is 3.85. The molecule has 1 aliphatic carbocycles. The fourth-order valence-electron chi connectivity index (χ4n) is 1.77. The summed E-state index contributed by atoms with van der Waals surface area (Å²) in [6.07, 6.45) is 8.12. The molecule has 1 aliphatic rings.